The Balaban J connectivity index is 1.36. The van der Waals surface area contributed by atoms with Gasteiger partial charge in [-0.2, -0.15) is 0 Å². The quantitative estimate of drug-likeness (QED) is 0.526. The van der Waals surface area contributed by atoms with E-state index in [9.17, 15) is 9.59 Å². The second-order valence-electron chi connectivity index (χ2n) is 7.62. The third-order valence-electron chi connectivity index (χ3n) is 5.66. The van der Waals surface area contributed by atoms with E-state index in [1.807, 2.05) is 23.1 Å². The summed E-state index contributed by atoms with van der Waals surface area (Å²) in [5.74, 6) is 0.983. The van der Waals surface area contributed by atoms with Gasteiger partial charge in [0.15, 0.2) is 5.16 Å². The normalized spacial score (nSPS) is 18.3. The Morgan fingerprint density at radius 3 is 3.11 bits per heavy atom. The number of para-hydroxylation sites is 1. The maximum atomic E-state index is 12.7. The topological polar surface area (TPSA) is 66.1 Å². The van der Waals surface area contributed by atoms with Gasteiger partial charge in [0.05, 0.1) is 11.1 Å². The Hall–Kier alpha value is -2.12. The van der Waals surface area contributed by atoms with Crippen LogP contribution in [0.2, 0.25) is 0 Å². The summed E-state index contributed by atoms with van der Waals surface area (Å²) in [4.78, 5) is 36.9. The van der Waals surface area contributed by atoms with Crippen molar-refractivity contribution in [2.24, 2.45) is 5.92 Å². The molecule has 1 aliphatic carbocycles. The highest BCUT2D eigenvalue weighted by Gasteiger charge is 2.25. The van der Waals surface area contributed by atoms with E-state index in [-0.39, 0.29) is 17.2 Å². The van der Waals surface area contributed by atoms with Gasteiger partial charge in [-0.15, -0.1) is 11.3 Å². The average Bonchev–Trinajstić information content (AvgIpc) is 3.27. The standard InChI is InChI=1S/C21H21N3O2S2/c1-12-6-7-14-16(10-12)28-20-18(14)19(26)22-21(23-20)27-11-17(25)24-9-8-13-4-2-3-5-15(13)24/h2-5,12H,6-11H2,1H3,(H,22,23,26)/t12-/m1/s1. The van der Waals surface area contributed by atoms with Crippen molar-refractivity contribution in [3.8, 4) is 0 Å². The van der Waals surface area contributed by atoms with E-state index in [1.54, 1.807) is 11.3 Å². The molecule has 0 saturated carbocycles. The molecule has 0 unspecified atom stereocenters. The summed E-state index contributed by atoms with van der Waals surface area (Å²) in [5, 5.41) is 1.29. The van der Waals surface area contributed by atoms with Gasteiger partial charge in [-0.05, 0) is 48.8 Å². The maximum Gasteiger partial charge on any atom is 0.260 e. The van der Waals surface area contributed by atoms with Crippen LogP contribution in [-0.2, 0) is 24.1 Å². The molecule has 3 aromatic rings. The predicted octanol–water partition coefficient (Wildman–Crippen LogP) is 3.79. The Kier molecular flexibility index (Phi) is 4.51. The number of nitrogens with zero attached hydrogens (tertiary/aromatic N) is 2. The molecule has 1 aromatic carbocycles. The van der Waals surface area contributed by atoms with Crippen molar-refractivity contribution in [2.75, 3.05) is 17.2 Å². The number of thiophene rings is 1. The van der Waals surface area contributed by atoms with Crippen LogP contribution < -0.4 is 10.5 Å². The lowest BCUT2D eigenvalue weighted by molar-refractivity contribution is -0.116. The molecule has 0 fully saturated rings. The predicted molar refractivity (Wildman–Crippen MR) is 115 cm³/mol. The SMILES string of the molecule is C[C@@H]1CCc2c(sc3nc(SCC(=O)N4CCc5ccccc54)[nH]c(=O)c23)C1. The first-order valence-corrected chi connectivity index (χ1v) is 11.5. The molecule has 1 amide bonds. The molecule has 144 valence electrons. The van der Waals surface area contributed by atoms with Crippen molar-refractivity contribution >= 4 is 44.9 Å². The van der Waals surface area contributed by atoms with E-state index in [0.29, 0.717) is 11.1 Å². The van der Waals surface area contributed by atoms with Crippen molar-refractivity contribution in [1.29, 1.82) is 0 Å². The van der Waals surface area contributed by atoms with E-state index in [4.69, 9.17) is 0 Å². The molecule has 0 radical (unpaired) electrons. The molecule has 0 bridgehead atoms. The van der Waals surface area contributed by atoms with Crippen molar-refractivity contribution in [2.45, 2.75) is 37.8 Å². The van der Waals surface area contributed by atoms with Gasteiger partial charge in [-0.25, -0.2) is 4.98 Å². The molecule has 0 spiro atoms. The number of carbonyl (C=O) groups is 1. The number of benzene rings is 1. The molecule has 5 nitrogen and oxygen atoms in total. The van der Waals surface area contributed by atoms with Crippen LogP contribution in [0.4, 0.5) is 5.69 Å². The zero-order valence-electron chi connectivity index (χ0n) is 15.7. The highest BCUT2D eigenvalue weighted by molar-refractivity contribution is 7.99. The Morgan fingerprint density at radius 2 is 2.21 bits per heavy atom. The summed E-state index contributed by atoms with van der Waals surface area (Å²) in [5.41, 5.74) is 3.34. The number of amides is 1. The van der Waals surface area contributed by atoms with Crippen LogP contribution in [-0.4, -0.2) is 28.2 Å². The zero-order valence-corrected chi connectivity index (χ0v) is 17.3. The summed E-state index contributed by atoms with van der Waals surface area (Å²) in [7, 11) is 0. The van der Waals surface area contributed by atoms with Crippen LogP contribution in [0, 0.1) is 5.92 Å². The molecule has 5 rings (SSSR count). The number of thioether (sulfide) groups is 1. The third-order valence-corrected chi connectivity index (χ3v) is 7.67. The average molecular weight is 412 g/mol. The number of rotatable bonds is 3. The van der Waals surface area contributed by atoms with Gasteiger partial charge in [0.25, 0.3) is 5.56 Å². The number of aromatic amines is 1. The highest BCUT2D eigenvalue weighted by atomic mass is 32.2. The Labute approximate surface area is 171 Å². The maximum absolute atomic E-state index is 12.7. The lowest BCUT2D eigenvalue weighted by Crippen LogP contribution is -2.30. The first-order valence-electron chi connectivity index (χ1n) is 9.66. The lowest BCUT2D eigenvalue weighted by atomic mass is 9.89. The van der Waals surface area contributed by atoms with Crippen LogP contribution in [0.15, 0.2) is 34.2 Å². The first kappa shape index (κ1) is 17.9. The molecule has 0 saturated heterocycles. The molecule has 1 aliphatic heterocycles. The summed E-state index contributed by atoms with van der Waals surface area (Å²) < 4.78 is 0. The minimum Gasteiger partial charge on any atom is -0.311 e. The van der Waals surface area contributed by atoms with Gasteiger partial charge >= 0.3 is 0 Å². The number of nitrogens with one attached hydrogen (secondary N) is 1. The van der Waals surface area contributed by atoms with E-state index >= 15 is 0 Å². The Morgan fingerprint density at radius 1 is 1.36 bits per heavy atom. The van der Waals surface area contributed by atoms with E-state index in [1.165, 1.54) is 27.8 Å². The zero-order chi connectivity index (χ0) is 19.3. The minimum absolute atomic E-state index is 0.0528. The molecule has 3 heterocycles. The minimum atomic E-state index is -0.0708. The molecule has 2 aliphatic rings. The molecule has 1 atom stereocenters. The molecular weight excluding hydrogens is 390 g/mol. The number of anilines is 1. The van der Waals surface area contributed by atoms with Crippen molar-refractivity contribution in [1.82, 2.24) is 9.97 Å². The largest absolute Gasteiger partial charge is 0.311 e. The van der Waals surface area contributed by atoms with Crippen LogP contribution in [0.3, 0.4) is 0 Å². The van der Waals surface area contributed by atoms with Crippen molar-refractivity contribution < 1.29 is 4.79 Å². The Bertz CT molecular complexity index is 1130. The highest BCUT2D eigenvalue weighted by Crippen LogP contribution is 2.36. The number of H-pyrrole nitrogens is 1. The van der Waals surface area contributed by atoms with Crippen LogP contribution in [0.1, 0.15) is 29.3 Å². The van der Waals surface area contributed by atoms with Crippen LogP contribution in [0.5, 0.6) is 0 Å². The first-order chi connectivity index (χ1) is 13.6. The molecule has 7 heteroatoms. The van der Waals surface area contributed by atoms with Crippen LogP contribution in [0.25, 0.3) is 10.2 Å². The fourth-order valence-corrected chi connectivity index (χ4v) is 6.38. The summed E-state index contributed by atoms with van der Waals surface area (Å²) >= 11 is 2.96. The summed E-state index contributed by atoms with van der Waals surface area (Å²) in [6.07, 6.45) is 4.01. The molecule has 1 N–H and O–H groups in total. The fourth-order valence-electron chi connectivity index (χ4n) is 4.20. The van der Waals surface area contributed by atoms with Gasteiger partial charge in [-0.3, -0.25) is 9.59 Å². The smallest absolute Gasteiger partial charge is 0.260 e. The van der Waals surface area contributed by atoms with E-state index in [0.717, 1.165) is 48.1 Å². The van der Waals surface area contributed by atoms with Crippen molar-refractivity contribution in [3.63, 3.8) is 0 Å². The summed E-state index contributed by atoms with van der Waals surface area (Å²) in [6.45, 7) is 2.98. The monoisotopic (exact) mass is 411 g/mol. The van der Waals surface area contributed by atoms with E-state index < -0.39 is 0 Å². The van der Waals surface area contributed by atoms with E-state index in [2.05, 4.69) is 23.0 Å². The van der Waals surface area contributed by atoms with Gasteiger partial charge < -0.3 is 9.88 Å². The number of aromatic nitrogens is 2. The summed E-state index contributed by atoms with van der Waals surface area (Å²) in [6, 6.07) is 8.03. The molecule has 2 aromatic heterocycles. The van der Waals surface area contributed by atoms with Crippen LogP contribution >= 0.6 is 23.1 Å². The van der Waals surface area contributed by atoms with Gasteiger partial charge in [0, 0.05) is 17.1 Å². The number of hydrogen-bond acceptors (Lipinski definition) is 5. The molecular formula is C21H21N3O2S2. The molecule has 28 heavy (non-hydrogen) atoms. The van der Waals surface area contributed by atoms with Crippen molar-refractivity contribution in [3.05, 3.63) is 50.6 Å². The number of fused-ring (bicyclic) bond motifs is 4. The second kappa shape index (κ2) is 7.04. The van der Waals surface area contributed by atoms with Gasteiger partial charge in [-0.1, -0.05) is 36.9 Å². The number of hydrogen-bond donors (Lipinski definition) is 1. The van der Waals surface area contributed by atoms with Gasteiger partial charge in [0.2, 0.25) is 5.91 Å². The number of carbonyl (C=O) groups excluding carboxylic acids is 1. The second-order valence-corrected chi connectivity index (χ2v) is 9.66. The van der Waals surface area contributed by atoms with Gasteiger partial charge in [0.1, 0.15) is 4.83 Å². The lowest BCUT2D eigenvalue weighted by Gasteiger charge is -2.17. The number of aryl methyl sites for hydroxylation is 1. The third kappa shape index (κ3) is 3.06. The fraction of sp³-hybridized carbons (Fsp3) is 0.381.